The Morgan fingerprint density at radius 3 is 2.53 bits per heavy atom. The van der Waals surface area contributed by atoms with E-state index >= 15 is 0 Å². The van der Waals surface area contributed by atoms with Crippen molar-refractivity contribution in [2.24, 2.45) is 0 Å². The van der Waals surface area contributed by atoms with Gasteiger partial charge in [-0.15, -0.1) is 0 Å². The van der Waals surface area contributed by atoms with Gasteiger partial charge in [0.05, 0.1) is 16.1 Å². The van der Waals surface area contributed by atoms with Crippen LogP contribution in [0.4, 0.5) is 0 Å². The summed E-state index contributed by atoms with van der Waals surface area (Å²) in [5.74, 6) is 0.887. The number of rotatable bonds is 8. The Kier molecular flexibility index (Phi) is 6.93. The molecule has 2 aromatic carbocycles. The van der Waals surface area contributed by atoms with E-state index in [-0.39, 0.29) is 17.2 Å². The SMILES string of the molecule is O=C(CCc1ncc(-c2ccccc2Cl)o1)NCc1ccc(S(=O)(=O)N2CCCC2)cc1. The molecule has 1 amide bonds. The van der Waals surface area contributed by atoms with Gasteiger partial charge in [0, 0.05) is 38.0 Å². The van der Waals surface area contributed by atoms with Crippen molar-refractivity contribution >= 4 is 27.5 Å². The molecule has 9 heteroatoms. The molecule has 0 atom stereocenters. The third-order valence-electron chi connectivity index (χ3n) is 5.37. The lowest BCUT2D eigenvalue weighted by Gasteiger charge is -2.15. The third kappa shape index (κ3) is 5.20. The first-order chi connectivity index (χ1) is 15.4. The summed E-state index contributed by atoms with van der Waals surface area (Å²) in [6.07, 6.45) is 4.00. The average molecular weight is 474 g/mol. The first-order valence-electron chi connectivity index (χ1n) is 10.5. The minimum Gasteiger partial charge on any atom is -0.441 e. The monoisotopic (exact) mass is 473 g/mol. The van der Waals surface area contributed by atoms with Gasteiger partial charge in [0.15, 0.2) is 11.7 Å². The van der Waals surface area contributed by atoms with Crippen LogP contribution in [-0.2, 0) is 27.8 Å². The molecule has 1 N–H and O–H groups in total. The number of oxazole rings is 1. The highest BCUT2D eigenvalue weighted by molar-refractivity contribution is 7.89. The van der Waals surface area contributed by atoms with E-state index in [1.807, 2.05) is 18.2 Å². The molecule has 1 aliphatic rings. The zero-order chi connectivity index (χ0) is 22.6. The fourth-order valence-electron chi connectivity index (χ4n) is 3.58. The van der Waals surface area contributed by atoms with Crippen molar-refractivity contribution in [2.75, 3.05) is 13.1 Å². The van der Waals surface area contributed by atoms with Crippen LogP contribution in [0, 0.1) is 0 Å². The number of nitrogens with zero attached hydrogens (tertiary/aromatic N) is 2. The number of hydrogen-bond donors (Lipinski definition) is 1. The number of aryl methyl sites for hydroxylation is 1. The second kappa shape index (κ2) is 9.85. The molecule has 0 bridgehead atoms. The van der Waals surface area contributed by atoms with E-state index in [0.717, 1.165) is 24.0 Å². The van der Waals surface area contributed by atoms with E-state index in [1.165, 1.54) is 4.31 Å². The summed E-state index contributed by atoms with van der Waals surface area (Å²) in [4.78, 5) is 16.7. The lowest BCUT2D eigenvalue weighted by atomic mass is 10.2. The minimum absolute atomic E-state index is 0.142. The lowest BCUT2D eigenvalue weighted by Crippen LogP contribution is -2.28. The molecule has 7 nitrogen and oxygen atoms in total. The summed E-state index contributed by atoms with van der Waals surface area (Å²) in [7, 11) is -3.43. The fraction of sp³-hybridized carbons (Fsp3) is 0.304. The van der Waals surface area contributed by atoms with Gasteiger partial charge in [-0.25, -0.2) is 13.4 Å². The minimum atomic E-state index is -3.43. The molecular weight excluding hydrogens is 450 g/mol. The van der Waals surface area contributed by atoms with Gasteiger partial charge >= 0.3 is 0 Å². The smallest absolute Gasteiger partial charge is 0.243 e. The molecule has 32 heavy (non-hydrogen) atoms. The Morgan fingerprint density at radius 1 is 1.09 bits per heavy atom. The van der Waals surface area contributed by atoms with Gasteiger partial charge in [-0.1, -0.05) is 35.9 Å². The van der Waals surface area contributed by atoms with Gasteiger partial charge in [0.1, 0.15) is 0 Å². The van der Waals surface area contributed by atoms with Crippen LogP contribution in [0.5, 0.6) is 0 Å². The number of benzene rings is 2. The lowest BCUT2D eigenvalue weighted by molar-refractivity contribution is -0.121. The summed E-state index contributed by atoms with van der Waals surface area (Å²) in [5, 5.41) is 3.42. The number of carbonyl (C=O) groups excluding carboxylic acids is 1. The van der Waals surface area contributed by atoms with Crippen molar-refractivity contribution in [2.45, 2.75) is 37.1 Å². The number of sulfonamides is 1. The molecule has 0 spiro atoms. The number of amides is 1. The van der Waals surface area contributed by atoms with Gasteiger partial charge in [0.2, 0.25) is 15.9 Å². The predicted octanol–water partition coefficient (Wildman–Crippen LogP) is 4.03. The Morgan fingerprint density at radius 2 is 1.81 bits per heavy atom. The molecule has 2 heterocycles. The van der Waals surface area contributed by atoms with Crippen molar-refractivity contribution < 1.29 is 17.6 Å². The highest BCUT2D eigenvalue weighted by Crippen LogP contribution is 2.28. The van der Waals surface area contributed by atoms with Crippen LogP contribution in [0.1, 0.15) is 30.7 Å². The topological polar surface area (TPSA) is 92.5 Å². The van der Waals surface area contributed by atoms with E-state index in [2.05, 4.69) is 10.3 Å². The number of aromatic nitrogens is 1. The summed E-state index contributed by atoms with van der Waals surface area (Å²) in [6, 6.07) is 14.0. The number of hydrogen-bond acceptors (Lipinski definition) is 5. The molecule has 3 aromatic rings. The van der Waals surface area contributed by atoms with Crippen LogP contribution in [-0.4, -0.2) is 36.7 Å². The molecule has 168 valence electrons. The van der Waals surface area contributed by atoms with E-state index in [0.29, 0.717) is 42.7 Å². The highest BCUT2D eigenvalue weighted by atomic mass is 35.5. The second-order valence-corrected chi connectivity index (χ2v) is 9.98. The van der Waals surface area contributed by atoms with Crippen molar-refractivity contribution in [3.05, 3.63) is 71.2 Å². The predicted molar refractivity (Wildman–Crippen MR) is 122 cm³/mol. The molecule has 4 rings (SSSR count). The fourth-order valence-corrected chi connectivity index (χ4v) is 5.32. The van der Waals surface area contributed by atoms with Crippen LogP contribution in [0.25, 0.3) is 11.3 Å². The van der Waals surface area contributed by atoms with Crippen molar-refractivity contribution in [1.29, 1.82) is 0 Å². The Bertz CT molecular complexity index is 1190. The maximum Gasteiger partial charge on any atom is 0.243 e. The highest BCUT2D eigenvalue weighted by Gasteiger charge is 2.26. The molecule has 1 fully saturated rings. The standard InChI is InChI=1S/C23H24ClN3O4S/c24-20-6-2-1-5-19(20)21-16-26-23(31-21)12-11-22(28)25-15-17-7-9-18(10-8-17)32(29,30)27-13-3-4-14-27/h1-2,5-10,16H,3-4,11-15H2,(H,25,28). The van der Waals surface area contributed by atoms with Crippen LogP contribution < -0.4 is 5.32 Å². The maximum atomic E-state index is 12.6. The third-order valence-corrected chi connectivity index (χ3v) is 7.62. The van der Waals surface area contributed by atoms with E-state index in [4.69, 9.17) is 16.0 Å². The van der Waals surface area contributed by atoms with Crippen LogP contribution in [0.3, 0.4) is 0 Å². The quantitative estimate of drug-likeness (QED) is 0.533. The van der Waals surface area contributed by atoms with Crippen molar-refractivity contribution in [1.82, 2.24) is 14.6 Å². The summed E-state index contributed by atoms with van der Waals surface area (Å²) in [6.45, 7) is 1.47. The van der Waals surface area contributed by atoms with E-state index < -0.39 is 10.0 Å². The summed E-state index contributed by atoms with van der Waals surface area (Å²) >= 11 is 6.17. The summed E-state index contributed by atoms with van der Waals surface area (Å²) in [5.41, 5.74) is 1.59. The largest absolute Gasteiger partial charge is 0.441 e. The number of nitrogens with one attached hydrogen (secondary N) is 1. The van der Waals surface area contributed by atoms with Gasteiger partial charge < -0.3 is 9.73 Å². The molecular formula is C23H24ClN3O4S. The number of carbonyl (C=O) groups is 1. The molecule has 1 aromatic heterocycles. The van der Waals surface area contributed by atoms with Gasteiger partial charge in [-0.05, 0) is 42.7 Å². The molecule has 1 aliphatic heterocycles. The zero-order valence-electron chi connectivity index (χ0n) is 17.5. The van der Waals surface area contributed by atoms with Crippen molar-refractivity contribution in [3.8, 4) is 11.3 Å². The summed E-state index contributed by atoms with van der Waals surface area (Å²) < 4.78 is 32.4. The zero-order valence-corrected chi connectivity index (χ0v) is 19.0. The molecule has 0 radical (unpaired) electrons. The molecule has 1 saturated heterocycles. The number of halogens is 1. The normalized spacial score (nSPS) is 14.5. The van der Waals surface area contributed by atoms with E-state index in [9.17, 15) is 13.2 Å². The molecule has 0 aliphatic carbocycles. The Hall–Kier alpha value is -2.68. The first kappa shape index (κ1) is 22.5. The first-order valence-corrected chi connectivity index (χ1v) is 12.3. The van der Waals surface area contributed by atoms with Crippen LogP contribution in [0.2, 0.25) is 5.02 Å². The molecule has 0 unspecified atom stereocenters. The van der Waals surface area contributed by atoms with Crippen molar-refractivity contribution in [3.63, 3.8) is 0 Å². The second-order valence-electron chi connectivity index (χ2n) is 7.63. The van der Waals surface area contributed by atoms with Gasteiger partial charge in [-0.3, -0.25) is 4.79 Å². The maximum absolute atomic E-state index is 12.6. The Labute approximate surface area is 192 Å². The van der Waals surface area contributed by atoms with Crippen LogP contribution >= 0.6 is 11.6 Å². The van der Waals surface area contributed by atoms with Gasteiger partial charge in [-0.2, -0.15) is 4.31 Å². The Balaban J connectivity index is 1.27. The average Bonchev–Trinajstić information content (AvgIpc) is 3.50. The van der Waals surface area contributed by atoms with Gasteiger partial charge in [0.25, 0.3) is 0 Å². The van der Waals surface area contributed by atoms with E-state index in [1.54, 1.807) is 36.5 Å². The van der Waals surface area contributed by atoms with Crippen LogP contribution in [0.15, 0.2) is 64.0 Å². The molecule has 0 saturated carbocycles.